The van der Waals surface area contributed by atoms with Gasteiger partial charge in [-0.1, -0.05) is 0 Å². The first-order chi connectivity index (χ1) is 7.10. The van der Waals surface area contributed by atoms with E-state index >= 15 is 0 Å². The van der Waals surface area contributed by atoms with Gasteiger partial charge in [-0.25, -0.2) is 9.18 Å². The van der Waals surface area contributed by atoms with E-state index in [1.54, 1.807) is 6.92 Å². The molecule has 0 spiro atoms. The normalized spacial score (nSPS) is 25.1. The third kappa shape index (κ3) is 1.93. The number of halogens is 1. The Kier molecular flexibility index (Phi) is 2.34. The molecule has 15 heavy (non-hydrogen) atoms. The summed E-state index contributed by atoms with van der Waals surface area (Å²) in [5, 5.41) is 0. The Hall–Kier alpha value is -1.58. The van der Waals surface area contributed by atoms with Crippen molar-refractivity contribution in [2.45, 2.75) is 18.9 Å². The summed E-state index contributed by atoms with van der Waals surface area (Å²) in [7, 11) is 0. The second kappa shape index (κ2) is 3.53. The van der Waals surface area contributed by atoms with Crippen LogP contribution in [0.4, 0.5) is 4.39 Å². The molecule has 1 heterocycles. The van der Waals surface area contributed by atoms with E-state index in [2.05, 4.69) is 0 Å². The Balaban J connectivity index is 2.14. The molecule has 0 aromatic heterocycles. The number of cyclic esters (lactones) is 1. The fourth-order valence-corrected chi connectivity index (χ4v) is 1.45. The molecule has 1 fully saturated rings. The molecule has 1 saturated heterocycles. The van der Waals surface area contributed by atoms with Gasteiger partial charge < -0.3 is 9.47 Å². The van der Waals surface area contributed by atoms with Gasteiger partial charge >= 0.3 is 5.97 Å². The summed E-state index contributed by atoms with van der Waals surface area (Å²) in [6, 6.07) is 5.57. The maximum absolute atomic E-state index is 12.6. The maximum Gasteiger partial charge on any atom is 0.350 e. The van der Waals surface area contributed by atoms with Crippen LogP contribution in [0.25, 0.3) is 0 Å². The van der Waals surface area contributed by atoms with Crippen molar-refractivity contribution in [2.75, 3.05) is 6.61 Å². The van der Waals surface area contributed by atoms with Crippen molar-refractivity contribution in [3.05, 3.63) is 30.1 Å². The van der Waals surface area contributed by atoms with Gasteiger partial charge in [0.15, 0.2) is 0 Å². The SMILES string of the molecule is C[C@]1(Oc2ccc(F)cc2)CCOC1=O. The second-order valence-electron chi connectivity index (χ2n) is 3.67. The molecule has 0 radical (unpaired) electrons. The monoisotopic (exact) mass is 210 g/mol. The van der Waals surface area contributed by atoms with Crippen LogP contribution in [0.15, 0.2) is 24.3 Å². The highest BCUT2D eigenvalue weighted by Crippen LogP contribution is 2.27. The minimum Gasteiger partial charge on any atom is -0.476 e. The van der Waals surface area contributed by atoms with E-state index in [1.807, 2.05) is 0 Å². The largest absolute Gasteiger partial charge is 0.476 e. The molecule has 3 nitrogen and oxygen atoms in total. The number of ether oxygens (including phenoxy) is 2. The van der Waals surface area contributed by atoms with Crippen LogP contribution >= 0.6 is 0 Å². The summed E-state index contributed by atoms with van der Waals surface area (Å²) in [5.74, 6) is -0.230. The minimum absolute atomic E-state index is 0.332. The van der Waals surface area contributed by atoms with Crippen molar-refractivity contribution >= 4 is 5.97 Å². The van der Waals surface area contributed by atoms with Crippen LogP contribution in [-0.2, 0) is 9.53 Å². The van der Waals surface area contributed by atoms with Gasteiger partial charge in [-0.3, -0.25) is 0 Å². The molecule has 0 bridgehead atoms. The Morgan fingerprint density at radius 1 is 1.40 bits per heavy atom. The zero-order chi connectivity index (χ0) is 10.9. The van der Waals surface area contributed by atoms with Crippen LogP contribution in [-0.4, -0.2) is 18.2 Å². The van der Waals surface area contributed by atoms with Crippen LogP contribution in [0.1, 0.15) is 13.3 Å². The van der Waals surface area contributed by atoms with Gasteiger partial charge in [0.2, 0.25) is 5.60 Å². The number of benzene rings is 1. The first kappa shape index (κ1) is 9.96. The Morgan fingerprint density at radius 2 is 2.07 bits per heavy atom. The van der Waals surface area contributed by atoms with E-state index in [9.17, 15) is 9.18 Å². The van der Waals surface area contributed by atoms with E-state index in [4.69, 9.17) is 9.47 Å². The lowest BCUT2D eigenvalue weighted by Gasteiger charge is -2.21. The first-order valence-electron chi connectivity index (χ1n) is 4.72. The van der Waals surface area contributed by atoms with Gasteiger partial charge in [0.1, 0.15) is 11.6 Å². The smallest absolute Gasteiger partial charge is 0.350 e. The van der Waals surface area contributed by atoms with Gasteiger partial charge in [0, 0.05) is 6.42 Å². The summed E-state index contributed by atoms with van der Waals surface area (Å²) < 4.78 is 22.9. The number of hydrogen-bond donors (Lipinski definition) is 0. The molecular formula is C11H11FO3. The lowest BCUT2D eigenvalue weighted by Crippen LogP contribution is -2.37. The Morgan fingerprint density at radius 3 is 2.60 bits per heavy atom. The molecule has 1 aromatic rings. The van der Waals surface area contributed by atoms with Crippen molar-refractivity contribution in [2.24, 2.45) is 0 Å². The minimum atomic E-state index is -0.933. The van der Waals surface area contributed by atoms with E-state index in [1.165, 1.54) is 24.3 Å². The molecule has 80 valence electrons. The molecule has 0 N–H and O–H groups in total. The molecule has 1 aliphatic rings. The average molecular weight is 210 g/mol. The fraction of sp³-hybridized carbons (Fsp3) is 0.364. The standard InChI is InChI=1S/C11H11FO3/c1-11(6-7-14-10(11)13)15-9-4-2-8(12)3-5-9/h2-5H,6-7H2,1H3/t11-/m0/s1. The number of carbonyl (C=O) groups is 1. The van der Waals surface area contributed by atoms with Crippen molar-refractivity contribution < 1.29 is 18.7 Å². The lowest BCUT2D eigenvalue weighted by molar-refractivity contribution is -0.149. The molecule has 1 atom stereocenters. The van der Waals surface area contributed by atoms with Crippen molar-refractivity contribution in [1.29, 1.82) is 0 Å². The molecule has 0 saturated carbocycles. The van der Waals surface area contributed by atoms with Crippen LogP contribution in [0.5, 0.6) is 5.75 Å². The molecule has 0 amide bonds. The van der Waals surface area contributed by atoms with Crippen LogP contribution < -0.4 is 4.74 Å². The fourth-order valence-electron chi connectivity index (χ4n) is 1.45. The molecule has 2 rings (SSSR count). The topological polar surface area (TPSA) is 35.5 Å². The number of hydrogen-bond acceptors (Lipinski definition) is 3. The van der Waals surface area contributed by atoms with Gasteiger partial charge in [-0.2, -0.15) is 0 Å². The van der Waals surface area contributed by atoms with Crippen LogP contribution in [0.3, 0.4) is 0 Å². The lowest BCUT2D eigenvalue weighted by atomic mass is 10.1. The highest BCUT2D eigenvalue weighted by atomic mass is 19.1. The van der Waals surface area contributed by atoms with Gasteiger partial charge in [0.25, 0.3) is 0 Å². The first-order valence-corrected chi connectivity index (χ1v) is 4.72. The summed E-state index contributed by atoms with van der Waals surface area (Å²) in [6.07, 6.45) is 0.517. The number of esters is 1. The maximum atomic E-state index is 12.6. The summed E-state index contributed by atoms with van der Waals surface area (Å²) in [6.45, 7) is 2.04. The van der Waals surface area contributed by atoms with Crippen LogP contribution in [0.2, 0.25) is 0 Å². The van der Waals surface area contributed by atoms with Gasteiger partial charge in [-0.05, 0) is 31.2 Å². The highest BCUT2D eigenvalue weighted by molar-refractivity contribution is 5.81. The van der Waals surface area contributed by atoms with E-state index in [-0.39, 0.29) is 11.8 Å². The second-order valence-corrected chi connectivity index (χ2v) is 3.67. The zero-order valence-corrected chi connectivity index (χ0v) is 8.33. The summed E-state index contributed by atoms with van der Waals surface area (Å²) in [4.78, 5) is 11.3. The van der Waals surface area contributed by atoms with Crippen molar-refractivity contribution in [1.82, 2.24) is 0 Å². The molecular weight excluding hydrogens is 199 g/mol. The third-order valence-corrected chi connectivity index (χ3v) is 2.40. The van der Waals surface area contributed by atoms with E-state index < -0.39 is 5.60 Å². The Bertz CT molecular complexity index is 374. The van der Waals surface area contributed by atoms with Gasteiger partial charge in [0.05, 0.1) is 6.61 Å². The molecule has 0 aliphatic carbocycles. The summed E-state index contributed by atoms with van der Waals surface area (Å²) in [5.41, 5.74) is -0.933. The predicted molar refractivity (Wildman–Crippen MR) is 51.0 cm³/mol. The molecule has 1 aromatic carbocycles. The molecule has 0 unspecified atom stereocenters. The predicted octanol–water partition coefficient (Wildman–Crippen LogP) is 1.91. The third-order valence-electron chi connectivity index (χ3n) is 2.40. The van der Waals surface area contributed by atoms with Crippen molar-refractivity contribution in [3.8, 4) is 5.75 Å². The quantitative estimate of drug-likeness (QED) is 0.699. The number of rotatable bonds is 2. The molecule has 1 aliphatic heterocycles. The zero-order valence-electron chi connectivity index (χ0n) is 8.33. The average Bonchev–Trinajstić information content (AvgIpc) is 2.51. The molecule has 4 heteroatoms. The number of carbonyl (C=O) groups excluding carboxylic acids is 1. The van der Waals surface area contributed by atoms with E-state index in [0.717, 1.165) is 0 Å². The van der Waals surface area contributed by atoms with Crippen LogP contribution in [0, 0.1) is 5.82 Å². The van der Waals surface area contributed by atoms with Crippen molar-refractivity contribution in [3.63, 3.8) is 0 Å². The summed E-state index contributed by atoms with van der Waals surface area (Å²) >= 11 is 0. The van der Waals surface area contributed by atoms with Gasteiger partial charge in [-0.15, -0.1) is 0 Å². The van der Waals surface area contributed by atoms with E-state index in [0.29, 0.717) is 18.8 Å². The Labute approximate surface area is 86.8 Å². The highest BCUT2D eigenvalue weighted by Gasteiger charge is 2.42.